The minimum absolute atomic E-state index is 0.120. The van der Waals surface area contributed by atoms with E-state index in [1.807, 2.05) is 54.7 Å². The molecule has 1 saturated heterocycles. The first-order valence-corrected chi connectivity index (χ1v) is 9.44. The van der Waals surface area contributed by atoms with Gasteiger partial charge in [-0.15, -0.1) is 0 Å². The number of hydrogen-bond donors (Lipinski definition) is 0. The fourth-order valence-electron chi connectivity index (χ4n) is 3.75. The first-order valence-electron chi connectivity index (χ1n) is 9.06. The van der Waals surface area contributed by atoms with Gasteiger partial charge < -0.3 is 0 Å². The van der Waals surface area contributed by atoms with Gasteiger partial charge >= 0.3 is 0 Å². The average Bonchev–Trinajstić information content (AvgIpc) is 2.71. The van der Waals surface area contributed by atoms with Crippen LogP contribution in [0.5, 0.6) is 0 Å². The van der Waals surface area contributed by atoms with Gasteiger partial charge in [0.2, 0.25) is 0 Å². The highest BCUT2D eigenvalue weighted by molar-refractivity contribution is 6.32. The van der Waals surface area contributed by atoms with Crippen LogP contribution < -0.4 is 0 Å². The first-order chi connectivity index (χ1) is 12.7. The maximum atomic E-state index is 12.6. The maximum absolute atomic E-state index is 12.6. The van der Waals surface area contributed by atoms with E-state index < -0.39 is 0 Å². The number of Topliss-reactive ketones (excluding diaryl/α,β-unsaturated/α-hetero) is 1. The zero-order chi connectivity index (χ0) is 17.9. The molecule has 0 amide bonds. The van der Waals surface area contributed by atoms with E-state index in [0.29, 0.717) is 0 Å². The standard InChI is InChI=1S/C22H21ClN2O/c23-20-9-8-16-7-4-12-24-21(16)19(20)15-25-13-10-18(11-14-25)22(26)17-5-2-1-3-6-17/h1-9,12,18H,10-11,13-15H2. The van der Waals surface area contributed by atoms with Crippen LogP contribution >= 0.6 is 11.6 Å². The Bertz CT molecular complexity index is 918. The Morgan fingerprint density at radius 3 is 2.58 bits per heavy atom. The summed E-state index contributed by atoms with van der Waals surface area (Å²) in [6.45, 7) is 2.59. The molecule has 3 nitrogen and oxygen atoms in total. The Kier molecular flexibility index (Phi) is 5.00. The smallest absolute Gasteiger partial charge is 0.166 e. The zero-order valence-corrected chi connectivity index (χ0v) is 15.3. The van der Waals surface area contributed by atoms with Gasteiger partial charge in [-0.2, -0.15) is 0 Å². The number of benzene rings is 2. The predicted octanol–water partition coefficient (Wildman–Crippen LogP) is 4.98. The van der Waals surface area contributed by atoms with Crippen LogP contribution in [0.1, 0.15) is 28.8 Å². The molecule has 1 aliphatic rings. The largest absolute Gasteiger partial charge is 0.299 e. The monoisotopic (exact) mass is 364 g/mol. The van der Waals surface area contributed by atoms with E-state index in [0.717, 1.165) is 59.5 Å². The molecule has 0 bridgehead atoms. The highest BCUT2D eigenvalue weighted by Gasteiger charge is 2.26. The number of aromatic nitrogens is 1. The lowest BCUT2D eigenvalue weighted by Crippen LogP contribution is -2.36. The number of likely N-dealkylation sites (tertiary alicyclic amines) is 1. The van der Waals surface area contributed by atoms with Crippen molar-refractivity contribution in [3.05, 3.63) is 76.9 Å². The summed E-state index contributed by atoms with van der Waals surface area (Å²) in [5.74, 6) is 0.393. The summed E-state index contributed by atoms with van der Waals surface area (Å²) < 4.78 is 0. The van der Waals surface area contributed by atoms with Gasteiger partial charge in [-0.25, -0.2) is 0 Å². The molecule has 3 aromatic rings. The van der Waals surface area contributed by atoms with E-state index in [4.69, 9.17) is 11.6 Å². The van der Waals surface area contributed by atoms with Gasteiger partial charge in [0.05, 0.1) is 5.52 Å². The van der Waals surface area contributed by atoms with Crippen molar-refractivity contribution in [2.24, 2.45) is 5.92 Å². The molecule has 0 N–H and O–H groups in total. The summed E-state index contributed by atoms with van der Waals surface area (Å²) >= 11 is 6.46. The Balaban J connectivity index is 1.45. The molecule has 2 heterocycles. The van der Waals surface area contributed by atoms with Crippen LogP contribution in [-0.4, -0.2) is 28.8 Å². The van der Waals surface area contributed by atoms with E-state index >= 15 is 0 Å². The predicted molar refractivity (Wildman–Crippen MR) is 106 cm³/mol. The van der Waals surface area contributed by atoms with Crippen LogP contribution in [0.4, 0.5) is 0 Å². The number of pyridine rings is 1. The van der Waals surface area contributed by atoms with E-state index in [-0.39, 0.29) is 11.7 Å². The van der Waals surface area contributed by atoms with Gasteiger partial charge in [-0.1, -0.05) is 54.1 Å². The molecular formula is C22H21ClN2O. The van der Waals surface area contributed by atoms with Gasteiger partial charge in [0.15, 0.2) is 5.78 Å². The number of carbonyl (C=O) groups is 1. The number of rotatable bonds is 4. The normalized spacial score (nSPS) is 16.0. The molecule has 26 heavy (non-hydrogen) atoms. The minimum Gasteiger partial charge on any atom is -0.299 e. The third-order valence-electron chi connectivity index (χ3n) is 5.22. The third-order valence-corrected chi connectivity index (χ3v) is 5.57. The quantitative estimate of drug-likeness (QED) is 0.612. The Morgan fingerprint density at radius 2 is 1.81 bits per heavy atom. The van der Waals surface area contributed by atoms with Crippen molar-refractivity contribution in [3.63, 3.8) is 0 Å². The molecule has 4 rings (SSSR count). The van der Waals surface area contributed by atoms with Crippen molar-refractivity contribution < 1.29 is 4.79 Å². The molecule has 4 heteroatoms. The van der Waals surface area contributed by atoms with Gasteiger partial charge in [0, 0.05) is 40.2 Å². The summed E-state index contributed by atoms with van der Waals surface area (Å²) in [5.41, 5.74) is 2.88. The van der Waals surface area contributed by atoms with Gasteiger partial charge in [-0.3, -0.25) is 14.7 Å². The van der Waals surface area contributed by atoms with Crippen molar-refractivity contribution >= 4 is 28.3 Å². The SMILES string of the molecule is O=C(c1ccccc1)C1CCN(Cc2c(Cl)ccc3cccnc23)CC1. The van der Waals surface area contributed by atoms with Crippen molar-refractivity contribution in [2.75, 3.05) is 13.1 Å². The minimum atomic E-state index is 0.120. The summed E-state index contributed by atoms with van der Waals surface area (Å²) in [6, 6.07) is 17.6. The van der Waals surface area contributed by atoms with Crippen molar-refractivity contribution in [1.29, 1.82) is 0 Å². The topological polar surface area (TPSA) is 33.2 Å². The van der Waals surface area contributed by atoms with Crippen molar-refractivity contribution in [1.82, 2.24) is 9.88 Å². The van der Waals surface area contributed by atoms with E-state index in [1.165, 1.54) is 0 Å². The fraction of sp³-hybridized carbons (Fsp3) is 0.273. The molecule has 0 spiro atoms. The highest BCUT2D eigenvalue weighted by atomic mass is 35.5. The lowest BCUT2D eigenvalue weighted by molar-refractivity contribution is 0.0835. The van der Waals surface area contributed by atoms with Crippen LogP contribution in [0.3, 0.4) is 0 Å². The molecule has 0 aliphatic carbocycles. The molecule has 1 aliphatic heterocycles. The Morgan fingerprint density at radius 1 is 1.04 bits per heavy atom. The van der Waals surface area contributed by atoms with Crippen LogP contribution in [0.25, 0.3) is 10.9 Å². The molecule has 0 unspecified atom stereocenters. The molecule has 1 aromatic heterocycles. The lowest BCUT2D eigenvalue weighted by atomic mass is 9.88. The second kappa shape index (κ2) is 7.56. The second-order valence-corrected chi connectivity index (χ2v) is 7.29. The molecule has 0 atom stereocenters. The number of halogens is 1. The number of carbonyl (C=O) groups excluding carboxylic acids is 1. The average molecular weight is 365 g/mol. The van der Waals surface area contributed by atoms with Crippen LogP contribution in [0.2, 0.25) is 5.02 Å². The summed E-state index contributed by atoms with van der Waals surface area (Å²) in [4.78, 5) is 19.5. The van der Waals surface area contributed by atoms with Crippen LogP contribution in [0.15, 0.2) is 60.8 Å². The van der Waals surface area contributed by atoms with E-state index in [1.54, 1.807) is 0 Å². The summed E-state index contributed by atoms with van der Waals surface area (Å²) in [6.07, 6.45) is 3.60. The Hall–Kier alpha value is -2.23. The zero-order valence-electron chi connectivity index (χ0n) is 14.6. The number of ketones is 1. The number of fused-ring (bicyclic) bond motifs is 1. The molecule has 0 radical (unpaired) electrons. The number of hydrogen-bond acceptors (Lipinski definition) is 3. The van der Waals surface area contributed by atoms with Gasteiger partial charge in [-0.05, 0) is 38.1 Å². The molecule has 1 fully saturated rings. The summed E-state index contributed by atoms with van der Waals surface area (Å²) in [5, 5.41) is 1.87. The van der Waals surface area contributed by atoms with Gasteiger partial charge in [0.25, 0.3) is 0 Å². The van der Waals surface area contributed by atoms with E-state index in [9.17, 15) is 4.79 Å². The van der Waals surface area contributed by atoms with Crippen LogP contribution in [-0.2, 0) is 6.54 Å². The van der Waals surface area contributed by atoms with E-state index in [2.05, 4.69) is 16.0 Å². The lowest BCUT2D eigenvalue weighted by Gasteiger charge is -2.31. The summed E-state index contributed by atoms with van der Waals surface area (Å²) in [7, 11) is 0. The molecule has 132 valence electrons. The van der Waals surface area contributed by atoms with Crippen molar-refractivity contribution in [3.8, 4) is 0 Å². The second-order valence-electron chi connectivity index (χ2n) is 6.88. The van der Waals surface area contributed by atoms with Crippen molar-refractivity contribution in [2.45, 2.75) is 19.4 Å². The first kappa shape index (κ1) is 17.2. The Labute approximate surface area is 158 Å². The third kappa shape index (κ3) is 3.50. The molecule has 2 aromatic carbocycles. The number of piperidine rings is 1. The van der Waals surface area contributed by atoms with Gasteiger partial charge in [0.1, 0.15) is 0 Å². The maximum Gasteiger partial charge on any atom is 0.166 e. The van der Waals surface area contributed by atoms with Crippen LogP contribution in [0, 0.1) is 5.92 Å². The molecular weight excluding hydrogens is 344 g/mol. The fourth-order valence-corrected chi connectivity index (χ4v) is 3.96. The molecule has 0 saturated carbocycles. The highest BCUT2D eigenvalue weighted by Crippen LogP contribution is 2.28. The number of nitrogens with zero attached hydrogens (tertiary/aromatic N) is 2.